The van der Waals surface area contributed by atoms with Gasteiger partial charge >= 0.3 is 18.2 Å². The average Bonchev–Trinajstić information content (AvgIpc) is 3.60. The summed E-state index contributed by atoms with van der Waals surface area (Å²) in [5, 5.41) is 20.1. The molecule has 2 aromatic rings. The normalized spacial score (nSPS) is 18.6. The summed E-state index contributed by atoms with van der Waals surface area (Å²) in [4.78, 5) is 38.5. The molecule has 0 radical (unpaired) electrons. The molecule has 2 amide bonds. The molecule has 1 aromatic heterocycles. The summed E-state index contributed by atoms with van der Waals surface area (Å²) in [6, 6.07) is 6.63. The number of fused-ring (bicyclic) bond motifs is 1. The molecule has 200 valence electrons. The number of amides is 2. The molecule has 2 aliphatic rings. The maximum absolute atomic E-state index is 12.7. The highest BCUT2D eigenvalue weighted by atomic mass is 19.4. The SMILES string of the molecule is N#CC1CCCN1C(=O)C(N)Cc1c[nH]c2ccc(OC(=O)NC3CCCC3)cc12.O=C(O)C(F)(F)F. The number of rotatable bonds is 5. The lowest BCUT2D eigenvalue weighted by Gasteiger charge is -2.23. The van der Waals surface area contributed by atoms with E-state index in [-0.39, 0.29) is 18.0 Å². The smallest absolute Gasteiger partial charge is 0.475 e. The number of carbonyl (C=O) groups is 3. The first-order chi connectivity index (χ1) is 17.5. The van der Waals surface area contributed by atoms with Crippen LogP contribution < -0.4 is 15.8 Å². The molecule has 0 bridgehead atoms. The number of nitrogens with zero attached hydrogens (tertiary/aromatic N) is 2. The molecule has 1 saturated heterocycles. The van der Waals surface area contributed by atoms with E-state index in [0.29, 0.717) is 25.1 Å². The summed E-state index contributed by atoms with van der Waals surface area (Å²) < 4.78 is 37.2. The number of nitrogens with one attached hydrogen (secondary N) is 2. The second-order valence-electron chi connectivity index (χ2n) is 8.97. The fourth-order valence-electron chi connectivity index (χ4n) is 4.47. The maximum atomic E-state index is 12.7. The molecule has 2 fully saturated rings. The van der Waals surface area contributed by atoms with Crippen molar-refractivity contribution in [1.29, 1.82) is 5.26 Å². The predicted octanol–water partition coefficient (Wildman–Crippen LogP) is 3.22. The number of likely N-dealkylation sites (tertiary alicyclic amines) is 1. The number of aromatic nitrogens is 1. The minimum absolute atomic E-state index is 0.191. The summed E-state index contributed by atoms with van der Waals surface area (Å²) >= 11 is 0. The van der Waals surface area contributed by atoms with E-state index in [9.17, 15) is 28.0 Å². The van der Waals surface area contributed by atoms with Crippen LogP contribution >= 0.6 is 0 Å². The third kappa shape index (κ3) is 7.36. The van der Waals surface area contributed by atoms with Crippen LogP contribution in [0, 0.1) is 11.3 Å². The van der Waals surface area contributed by atoms with Gasteiger partial charge < -0.3 is 30.8 Å². The van der Waals surface area contributed by atoms with Gasteiger partial charge in [-0.2, -0.15) is 18.4 Å². The Morgan fingerprint density at radius 3 is 2.54 bits per heavy atom. The van der Waals surface area contributed by atoms with Gasteiger partial charge in [0.25, 0.3) is 0 Å². The molecule has 37 heavy (non-hydrogen) atoms. The van der Waals surface area contributed by atoms with E-state index in [2.05, 4.69) is 16.4 Å². The molecular formula is C24H28F3N5O5. The van der Waals surface area contributed by atoms with Gasteiger partial charge in [0.2, 0.25) is 5.91 Å². The largest absolute Gasteiger partial charge is 0.490 e. The number of carbonyl (C=O) groups excluding carboxylic acids is 2. The quantitative estimate of drug-likeness (QED) is 0.468. The van der Waals surface area contributed by atoms with Crippen molar-refractivity contribution in [2.75, 3.05) is 6.54 Å². The van der Waals surface area contributed by atoms with Gasteiger partial charge in [-0.3, -0.25) is 4.79 Å². The number of alkyl halides is 3. The molecule has 5 N–H and O–H groups in total. The zero-order chi connectivity index (χ0) is 27.2. The summed E-state index contributed by atoms with van der Waals surface area (Å²) in [5.41, 5.74) is 7.95. The summed E-state index contributed by atoms with van der Waals surface area (Å²) in [6.45, 7) is 0.576. The van der Waals surface area contributed by atoms with Crippen molar-refractivity contribution in [3.8, 4) is 11.8 Å². The molecule has 13 heteroatoms. The Kier molecular flexibility index (Phi) is 8.99. The third-order valence-corrected chi connectivity index (χ3v) is 6.31. The number of hydrogen-bond donors (Lipinski definition) is 4. The van der Waals surface area contributed by atoms with Crippen molar-refractivity contribution in [2.24, 2.45) is 5.73 Å². The molecule has 2 atom stereocenters. The van der Waals surface area contributed by atoms with Gasteiger partial charge in [0, 0.05) is 29.7 Å². The standard InChI is InChI=1S/C22H27N5O3.C2HF3O2/c23-12-16-6-3-9-27(16)21(28)19(24)10-14-13-25-20-8-7-17(11-18(14)20)30-22(29)26-15-4-1-2-5-15;3-2(4,5)1(6)7/h7-8,11,13,15-16,19,25H,1-6,9-10,24H2,(H,26,29);(H,6,7). The molecule has 0 spiro atoms. The van der Waals surface area contributed by atoms with Crippen molar-refractivity contribution in [1.82, 2.24) is 15.2 Å². The van der Waals surface area contributed by atoms with Gasteiger partial charge in [-0.05, 0) is 55.9 Å². The average molecular weight is 524 g/mol. The van der Waals surface area contributed by atoms with Crippen LogP contribution in [0.5, 0.6) is 5.75 Å². The number of nitrogens with two attached hydrogens (primary N) is 1. The summed E-state index contributed by atoms with van der Waals surface area (Å²) in [7, 11) is 0. The Bertz CT molecular complexity index is 1170. The first-order valence-electron chi connectivity index (χ1n) is 11.8. The van der Waals surface area contributed by atoms with Crippen molar-refractivity contribution in [3.05, 3.63) is 30.0 Å². The van der Waals surface area contributed by atoms with Crippen molar-refractivity contribution >= 4 is 28.9 Å². The number of benzene rings is 1. The van der Waals surface area contributed by atoms with Crippen LogP contribution in [0.25, 0.3) is 10.9 Å². The lowest BCUT2D eigenvalue weighted by Crippen LogP contribution is -2.46. The molecule has 4 rings (SSSR count). The number of carboxylic acids is 1. The number of aromatic amines is 1. The monoisotopic (exact) mass is 523 g/mol. The van der Waals surface area contributed by atoms with Gasteiger partial charge in [-0.25, -0.2) is 9.59 Å². The van der Waals surface area contributed by atoms with Crippen LogP contribution in [-0.2, 0) is 16.0 Å². The molecule has 1 saturated carbocycles. The first kappa shape index (κ1) is 27.8. The van der Waals surface area contributed by atoms with Crippen molar-refractivity contribution < 1.29 is 37.4 Å². The lowest BCUT2D eigenvalue weighted by atomic mass is 10.0. The number of nitriles is 1. The Morgan fingerprint density at radius 1 is 1.24 bits per heavy atom. The van der Waals surface area contributed by atoms with E-state index in [1.807, 2.05) is 12.3 Å². The minimum atomic E-state index is -5.08. The highest BCUT2D eigenvalue weighted by molar-refractivity contribution is 5.88. The molecule has 1 aromatic carbocycles. The fourth-order valence-corrected chi connectivity index (χ4v) is 4.47. The minimum Gasteiger partial charge on any atom is -0.475 e. The number of ether oxygens (including phenoxy) is 1. The summed E-state index contributed by atoms with van der Waals surface area (Å²) in [5.74, 6) is -2.51. The molecule has 1 aliphatic heterocycles. The number of halogens is 3. The number of H-pyrrole nitrogens is 1. The van der Waals surface area contributed by atoms with Gasteiger partial charge in [0.05, 0.1) is 12.1 Å². The van der Waals surface area contributed by atoms with E-state index in [4.69, 9.17) is 20.4 Å². The molecule has 10 nitrogen and oxygen atoms in total. The second-order valence-corrected chi connectivity index (χ2v) is 8.97. The highest BCUT2D eigenvalue weighted by Crippen LogP contribution is 2.26. The predicted molar refractivity (Wildman–Crippen MR) is 125 cm³/mol. The van der Waals surface area contributed by atoms with Gasteiger partial charge in [0.15, 0.2) is 0 Å². The van der Waals surface area contributed by atoms with Crippen LogP contribution in [-0.4, -0.2) is 63.8 Å². The Labute approximate surface area is 210 Å². The Morgan fingerprint density at radius 2 is 1.92 bits per heavy atom. The number of hydrogen-bond acceptors (Lipinski definition) is 6. The summed E-state index contributed by atoms with van der Waals surface area (Å²) in [6.07, 6.45) is 2.42. The van der Waals surface area contributed by atoms with Crippen LogP contribution in [0.15, 0.2) is 24.4 Å². The van der Waals surface area contributed by atoms with Crippen LogP contribution in [0.3, 0.4) is 0 Å². The zero-order valence-electron chi connectivity index (χ0n) is 19.9. The Hall–Kier alpha value is -3.79. The third-order valence-electron chi connectivity index (χ3n) is 6.31. The Balaban J connectivity index is 0.000000479. The topological polar surface area (TPSA) is 162 Å². The molecule has 2 heterocycles. The van der Waals surface area contributed by atoms with Crippen LogP contribution in [0.1, 0.15) is 44.1 Å². The number of carboxylic acid groups (broad SMARTS) is 1. The molecule has 1 aliphatic carbocycles. The van der Waals surface area contributed by atoms with E-state index < -0.39 is 24.3 Å². The van der Waals surface area contributed by atoms with E-state index in [0.717, 1.165) is 48.6 Å². The van der Waals surface area contributed by atoms with Crippen LogP contribution in [0.4, 0.5) is 18.0 Å². The van der Waals surface area contributed by atoms with E-state index in [1.165, 1.54) is 0 Å². The second kappa shape index (κ2) is 12.0. The van der Waals surface area contributed by atoms with Crippen molar-refractivity contribution in [2.45, 2.75) is 69.2 Å². The number of aliphatic carboxylic acids is 1. The highest BCUT2D eigenvalue weighted by Gasteiger charge is 2.38. The molecule has 2 unspecified atom stereocenters. The first-order valence-corrected chi connectivity index (χ1v) is 11.8. The molecular weight excluding hydrogens is 495 g/mol. The van der Waals surface area contributed by atoms with Gasteiger partial charge in [-0.1, -0.05) is 12.8 Å². The lowest BCUT2D eigenvalue weighted by molar-refractivity contribution is -0.192. The zero-order valence-corrected chi connectivity index (χ0v) is 19.9. The fraction of sp³-hybridized carbons (Fsp3) is 0.500. The maximum Gasteiger partial charge on any atom is 0.490 e. The van der Waals surface area contributed by atoms with Gasteiger partial charge in [0.1, 0.15) is 11.8 Å². The van der Waals surface area contributed by atoms with Gasteiger partial charge in [-0.15, -0.1) is 0 Å². The van der Waals surface area contributed by atoms with Crippen molar-refractivity contribution in [3.63, 3.8) is 0 Å². The van der Waals surface area contributed by atoms with E-state index in [1.54, 1.807) is 17.0 Å². The van der Waals surface area contributed by atoms with Crippen LogP contribution in [0.2, 0.25) is 0 Å². The van der Waals surface area contributed by atoms with E-state index >= 15 is 0 Å².